The van der Waals surface area contributed by atoms with Crippen LogP contribution >= 0.6 is 0 Å². The first-order chi connectivity index (χ1) is 17.5. The van der Waals surface area contributed by atoms with Gasteiger partial charge in [-0.05, 0) is 38.3 Å². The average Bonchev–Trinajstić information content (AvgIpc) is 3.34. The number of nitrogens with zero attached hydrogens (tertiary/aromatic N) is 7. The number of likely N-dealkylation sites (tertiary alicyclic amines) is 1. The molecule has 1 aliphatic carbocycles. The van der Waals surface area contributed by atoms with Crippen LogP contribution in [0.1, 0.15) is 56.0 Å². The molecule has 0 spiro atoms. The SMILES string of the molecule is C[C@@H](CCO)c1nc(C2CCN(C3CC3)C2)c2cnc(Nc3ccnc(-c4c[nH]n(C)c4=O)n3)cn12. The molecule has 188 valence electrons. The number of aliphatic hydroxyl groups excluding tert-OH is 1. The van der Waals surface area contributed by atoms with E-state index in [9.17, 15) is 9.90 Å². The number of rotatable bonds is 8. The highest BCUT2D eigenvalue weighted by atomic mass is 16.3. The van der Waals surface area contributed by atoms with E-state index in [1.54, 1.807) is 25.5 Å². The molecule has 0 bridgehead atoms. The molecule has 1 unspecified atom stereocenters. The van der Waals surface area contributed by atoms with Crippen molar-refractivity contribution < 1.29 is 5.11 Å². The third-order valence-corrected chi connectivity index (χ3v) is 7.34. The van der Waals surface area contributed by atoms with Crippen LogP contribution in [-0.4, -0.2) is 69.9 Å². The standard InChI is InChI=1S/C25H31N9O2/c1-15(7-10-35)24-31-22(16-6-9-33(13-16)17-3-4-17)19-12-27-21(14-34(19)24)29-20-5-8-26-23(30-20)18-11-28-32(2)25(18)36/h5,8,11-12,14-17,28,35H,3-4,6-7,9-10,13H2,1-2H3,(H,26,29,30)/t15-,16?/m0/s1. The van der Waals surface area contributed by atoms with Gasteiger partial charge in [0.2, 0.25) is 0 Å². The van der Waals surface area contributed by atoms with Crippen LogP contribution in [0.5, 0.6) is 0 Å². The maximum Gasteiger partial charge on any atom is 0.277 e. The Morgan fingerprint density at radius 1 is 1.22 bits per heavy atom. The fourth-order valence-electron chi connectivity index (χ4n) is 5.16. The molecular formula is C25H31N9O2. The smallest absolute Gasteiger partial charge is 0.277 e. The predicted octanol–water partition coefficient (Wildman–Crippen LogP) is 2.39. The lowest BCUT2D eigenvalue weighted by molar-refractivity contribution is 0.276. The molecule has 4 aromatic rings. The van der Waals surface area contributed by atoms with Crippen LogP contribution in [0.2, 0.25) is 0 Å². The Hall–Kier alpha value is -3.57. The molecule has 5 heterocycles. The van der Waals surface area contributed by atoms with Gasteiger partial charge in [0.25, 0.3) is 5.56 Å². The minimum absolute atomic E-state index is 0.0999. The van der Waals surface area contributed by atoms with Crippen molar-refractivity contribution in [2.45, 2.75) is 50.5 Å². The van der Waals surface area contributed by atoms with Crippen LogP contribution in [0.4, 0.5) is 11.6 Å². The van der Waals surface area contributed by atoms with Gasteiger partial charge in [-0.2, -0.15) is 0 Å². The number of aromatic amines is 1. The van der Waals surface area contributed by atoms with Crippen LogP contribution in [0.3, 0.4) is 0 Å². The minimum atomic E-state index is -0.188. The van der Waals surface area contributed by atoms with Crippen molar-refractivity contribution in [1.82, 2.24) is 39.0 Å². The molecule has 11 heteroatoms. The molecule has 2 fully saturated rings. The average molecular weight is 490 g/mol. The third kappa shape index (κ3) is 4.18. The molecule has 0 radical (unpaired) electrons. The Kier molecular flexibility index (Phi) is 5.81. The lowest BCUT2D eigenvalue weighted by atomic mass is 10.0. The first-order valence-corrected chi connectivity index (χ1v) is 12.6. The summed E-state index contributed by atoms with van der Waals surface area (Å²) in [6.45, 7) is 4.39. The van der Waals surface area contributed by atoms with Crippen molar-refractivity contribution in [3.63, 3.8) is 0 Å². The number of H-pyrrole nitrogens is 1. The van der Waals surface area contributed by atoms with Gasteiger partial charge in [-0.15, -0.1) is 0 Å². The summed E-state index contributed by atoms with van der Waals surface area (Å²) in [4.78, 5) is 33.5. The van der Waals surface area contributed by atoms with Crippen molar-refractivity contribution in [2.24, 2.45) is 7.05 Å². The predicted molar refractivity (Wildman–Crippen MR) is 135 cm³/mol. The van der Waals surface area contributed by atoms with Gasteiger partial charge < -0.3 is 15.5 Å². The van der Waals surface area contributed by atoms with E-state index in [1.807, 2.05) is 12.4 Å². The van der Waals surface area contributed by atoms with Crippen molar-refractivity contribution in [2.75, 3.05) is 25.0 Å². The zero-order valence-corrected chi connectivity index (χ0v) is 20.6. The number of aliphatic hydroxyl groups is 1. The first-order valence-electron chi connectivity index (χ1n) is 12.6. The summed E-state index contributed by atoms with van der Waals surface area (Å²) in [6.07, 6.45) is 11.4. The molecule has 1 saturated carbocycles. The Bertz CT molecular complexity index is 1450. The lowest BCUT2D eigenvalue weighted by Gasteiger charge is -2.14. The largest absolute Gasteiger partial charge is 0.396 e. The van der Waals surface area contributed by atoms with Gasteiger partial charge in [-0.3, -0.25) is 18.8 Å². The molecule has 4 aromatic heterocycles. The number of hydrogen-bond donors (Lipinski definition) is 3. The van der Waals surface area contributed by atoms with E-state index < -0.39 is 0 Å². The number of imidazole rings is 1. The molecule has 2 aliphatic rings. The van der Waals surface area contributed by atoms with Crippen LogP contribution in [0, 0.1) is 0 Å². The lowest BCUT2D eigenvalue weighted by Crippen LogP contribution is -2.22. The van der Waals surface area contributed by atoms with Gasteiger partial charge in [-0.1, -0.05) is 6.92 Å². The number of aromatic nitrogens is 7. The highest BCUT2D eigenvalue weighted by Crippen LogP contribution is 2.37. The molecule has 1 saturated heterocycles. The van der Waals surface area contributed by atoms with Crippen molar-refractivity contribution in [1.29, 1.82) is 0 Å². The summed E-state index contributed by atoms with van der Waals surface area (Å²) in [5.74, 6) is 2.92. The second-order valence-electron chi connectivity index (χ2n) is 9.95. The Morgan fingerprint density at radius 3 is 2.83 bits per heavy atom. The summed E-state index contributed by atoms with van der Waals surface area (Å²) >= 11 is 0. The Labute approximate surface area is 208 Å². The van der Waals surface area contributed by atoms with E-state index in [0.29, 0.717) is 35.4 Å². The Morgan fingerprint density at radius 2 is 2.08 bits per heavy atom. The maximum absolute atomic E-state index is 12.3. The van der Waals surface area contributed by atoms with Crippen LogP contribution in [-0.2, 0) is 7.05 Å². The summed E-state index contributed by atoms with van der Waals surface area (Å²) in [6, 6.07) is 2.50. The number of nitrogens with one attached hydrogen (secondary N) is 2. The highest BCUT2D eigenvalue weighted by molar-refractivity contribution is 5.61. The number of anilines is 2. The van der Waals surface area contributed by atoms with E-state index >= 15 is 0 Å². The zero-order valence-electron chi connectivity index (χ0n) is 20.6. The van der Waals surface area contributed by atoms with Gasteiger partial charge in [-0.25, -0.2) is 19.9 Å². The number of aryl methyl sites for hydroxylation is 1. The summed E-state index contributed by atoms with van der Waals surface area (Å²) in [5.41, 5.74) is 2.33. The molecule has 6 rings (SSSR count). The third-order valence-electron chi connectivity index (χ3n) is 7.34. The molecule has 0 amide bonds. The van der Waals surface area contributed by atoms with Gasteiger partial charge in [0.15, 0.2) is 5.82 Å². The molecule has 2 atom stereocenters. The molecular weight excluding hydrogens is 458 g/mol. The quantitative estimate of drug-likeness (QED) is 0.344. The van der Waals surface area contributed by atoms with E-state index in [1.165, 1.54) is 17.5 Å². The maximum atomic E-state index is 12.3. The van der Waals surface area contributed by atoms with Crippen molar-refractivity contribution >= 4 is 17.2 Å². The topological polar surface area (TPSA) is 129 Å². The highest BCUT2D eigenvalue weighted by Gasteiger charge is 2.36. The zero-order chi connectivity index (χ0) is 24.8. The normalized spacial score (nSPS) is 19.2. The fraction of sp³-hybridized carbons (Fsp3) is 0.480. The van der Waals surface area contributed by atoms with Crippen LogP contribution < -0.4 is 10.9 Å². The second kappa shape index (κ2) is 9.14. The van der Waals surface area contributed by atoms with E-state index in [-0.39, 0.29) is 18.1 Å². The Balaban J connectivity index is 1.33. The fourth-order valence-corrected chi connectivity index (χ4v) is 5.16. The molecule has 0 aromatic carbocycles. The first kappa shape index (κ1) is 22.9. The summed E-state index contributed by atoms with van der Waals surface area (Å²) in [7, 11) is 1.65. The minimum Gasteiger partial charge on any atom is -0.396 e. The van der Waals surface area contributed by atoms with Crippen molar-refractivity contribution in [3.05, 3.63) is 52.7 Å². The molecule has 3 N–H and O–H groups in total. The van der Waals surface area contributed by atoms with E-state index in [2.05, 4.69) is 41.6 Å². The summed E-state index contributed by atoms with van der Waals surface area (Å²) < 4.78 is 3.49. The van der Waals surface area contributed by atoms with E-state index in [0.717, 1.165) is 42.6 Å². The van der Waals surface area contributed by atoms with Gasteiger partial charge in [0.05, 0.1) is 23.6 Å². The molecule has 1 aliphatic heterocycles. The monoisotopic (exact) mass is 489 g/mol. The van der Waals surface area contributed by atoms with E-state index in [4.69, 9.17) is 4.98 Å². The van der Waals surface area contributed by atoms with Gasteiger partial charge in [0, 0.05) is 50.5 Å². The summed E-state index contributed by atoms with van der Waals surface area (Å²) in [5, 5.41) is 15.7. The number of hydrogen-bond acceptors (Lipinski definition) is 8. The molecule has 36 heavy (non-hydrogen) atoms. The van der Waals surface area contributed by atoms with Crippen molar-refractivity contribution in [3.8, 4) is 11.4 Å². The number of fused-ring (bicyclic) bond motifs is 1. The van der Waals surface area contributed by atoms with Gasteiger partial charge in [0.1, 0.15) is 23.0 Å². The van der Waals surface area contributed by atoms with Gasteiger partial charge >= 0.3 is 0 Å². The second-order valence-corrected chi connectivity index (χ2v) is 9.95. The van der Waals surface area contributed by atoms with Crippen LogP contribution in [0.15, 0.2) is 35.6 Å². The van der Waals surface area contributed by atoms with Crippen LogP contribution in [0.25, 0.3) is 16.9 Å². The molecule has 11 nitrogen and oxygen atoms in total.